The van der Waals surface area contributed by atoms with E-state index in [1.54, 1.807) is 0 Å². The Morgan fingerprint density at radius 3 is 2.26 bits per heavy atom. The van der Waals surface area contributed by atoms with Crippen LogP contribution in [0.5, 0.6) is 0 Å². The Morgan fingerprint density at radius 1 is 0.957 bits per heavy atom. The maximum absolute atomic E-state index is 13.8. The third kappa shape index (κ3) is 4.24. The van der Waals surface area contributed by atoms with Crippen LogP contribution in [0.25, 0.3) is 0 Å². The zero-order chi connectivity index (χ0) is 16.8. The molecule has 0 spiro atoms. The lowest BCUT2D eigenvalue weighted by molar-refractivity contribution is 0.161. The molecule has 3 unspecified atom stereocenters. The maximum Gasteiger partial charge on any atom is 0.214 e. The average molecular weight is 343 g/mol. The Bertz CT molecular complexity index is 389. The standard InChI is InChI=1S/C20H39O2P/c1-4-7-9-13-16-19-20(6-3,17-8-5-2)23(19,21)22-18-14-11-10-12-15-18/h18-19H,4-17H2,1-3H3. The van der Waals surface area contributed by atoms with Gasteiger partial charge in [-0.05, 0) is 32.1 Å². The summed E-state index contributed by atoms with van der Waals surface area (Å²) in [4.78, 5) is 0. The highest BCUT2D eigenvalue weighted by Gasteiger charge is 2.74. The molecule has 3 atom stereocenters. The summed E-state index contributed by atoms with van der Waals surface area (Å²) in [5, 5.41) is 0.0483. The predicted molar refractivity (Wildman–Crippen MR) is 101 cm³/mol. The van der Waals surface area contributed by atoms with Crippen LogP contribution in [-0.4, -0.2) is 16.9 Å². The van der Waals surface area contributed by atoms with Gasteiger partial charge in [-0.2, -0.15) is 0 Å². The monoisotopic (exact) mass is 342 g/mol. The molecule has 2 nitrogen and oxygen atoms in total. The fraction of sp³-hybridized carbons (Fsp3) is 1.00. The molecule has 23 heavy (non-hydrogen) atoms. The Labute approximate surface area is 144 Å². The quantitative estimate of drug-likeness (QED) is 0.291. The van der Waals surface area contributed by atoms with Gasteiger partial charge in [-0.1, -0.05) is 78.6 Å². The van der Waals surface area contributed by atoms with Gasteiger partial charge in [0.1, 0.15) is 0 Å². The zero-order valence-corrected chi connectivity index (χ0v) is 16.7. The summed E-state index contributed by atoms with van der Waals surface area (Å²) in [5.41, 5.74) is 0.380. The van der Waals surface area contributed by atoms with Crippen molar-refractivity contribution in [3.63, 3.8) is 0 Å². The van der Waals surface area contributed by atoms with Crippen molar-refractivity contribution in [1.29, 1.82) is 0 Å². The third-order valence-corrected chi connectivity index (χ3v) is 10.3. The van der Waals surface area contributed by atoms with E-state index in [2.05, 4.69) is 20.8 Å². The van der Waals surface area contributed by atoms with Gasteiger partial charge in [0.2, 0.25) is 7.37 Å². The van der Waals surface area contributed by atoms with E-state index < -0.39 is 7.37 Å². The molecule has 0 radical (unpaired) electrons. The van der Waals surface area contributed by atoms with Crippen LogP contribution in [0.4, 0.5) is 0 Å². The van der Waals surface area contributed by atoms with Crippen LogP contribution in [0.2, 0.25) is 0 Å². The number of hydrogen-bond donors (Lipinski definition) is 0. The lowest BCUT2D eigenvalue weighted by Crippen LogP contribution is -2.16. The van der Waals surface area contributed by atoms with Crippen molar-refractivity contribution in [3.8, 4) is 0 Å². The summed E-state index contributed by atoms with van der Waals surface area (Å²) in [5.74, 6) is 0. The van der Waals surface area contributed by atoms with Crippen LogP contribution in [0, 0.1) is 0 Å². The number of rotatable bonds is 11. The molecule has 2 aliphatic rings. The molecule has 1 aliphatic heterocycles. The van der Waals surface area contributed by atoms with E-state index >= 15 is 0 Å². The Kier molecular flexibility index (Phi) is 7.67. The molecule has 0 bridgehead atoms. The molecule has 0 aromatic heterocycles. The molecule has 2 rings (SSSR count). The molecular weight excluding hydrogens is 303 g/mol. The minimum atomic E-state index is -2.41. The lowest BCUT2D eigenvalue weighted by Gasteiger charge is -2.23. The van der Waals surface area contributed by atoms with Gasteiger partial charge in [0.05, 0.1) is 16.9 Å². The van der Waals surface area contributed by atoms with Gasteiger partial charge in [0.25, 0.3) is 0 Å². The predicted octanol–water partition coefficient (Wildman–Crippen LogP) is 7.31. The van der Waals surface area contributed by atoms with Crippen molar-refractivity contribution >= 4 is 7.37 Å². The smallest absolute Gasteiger partial charge is 0.214 e. The summed E-state index contributed by atoms with van der Waals surface area (Å²) in [7, 11) is -2.41. The Balaban J connectivity index is 2.00. The molecule has 1 saturated carbocycles. The Morgan fingerprint density at radius 2 is 1.65 bits per heavy atom. The summed E-state index contributed by atoms with van der Waals surface area (Å²) >= 11 is 0. The normalized spacial score (nSPS) is 34.7. The van der Waals surface area contributed by atoms with Gasteiger partial charge < -0.3 is 4.52 Å². The molecule has 2 fully saturated rings. The van der Waals surface area contributed by atoms with E-state index in [0.717, 1.165) is 32.1 Å². The van der Waals surface area contributed by atoms with Crippen LogP contribution < -0.4 is 0 Å². The van der Waals surface area contributed by atoms with Crippen LogP contribution in [-0.2, 0) is 9.09 Å². The zero-order valence-electron chi connectivity index (χ0n) is 15.8. The van der Waals surface area contributed by atoms with Crippen molar-refractivity contribution in [1.82, 2.24) is 0 Å². The SMILES string of the molecule is CCCCCCC1C(CC)(CCCC)P1(=O)OC1CCCCC1. The van der Waals surface area contributed by atoms with Crippen LogP contribution >= 0.6 is 7.37 Å². The van der Waals surface area contributed by atoms with Crippen molar-refractivity contribution < 1.29 is 9.09 Å². The molecule has 1 aliphatic carbocycles. The van der Waals surface area contributed by atoms with Gasteiger partial charge >= 0.3 is 0 Å². The highest BCUT2D eigenvalue weighted by molar-refractivity contribution is 7.70. The first kappa shape index (κ1) is 19.5. The molecule has 0 N–H and O–H groups in total. The third-order valence-electron chi connectivity index (χ3n) is 6.35. The summed E-state index contributed by atoms with van der Waals surface area (Å²) in [6, 6.07) is 0. The van der Waals surface area contributed by atoms with Gasteiger partial charge in [-0.25, -0.2) is 0 Å². The van der Waals surface area contributed by atoms with Crippen LogP contribution in [0.1, 0.15) is 111 Å². The topological polar surface area (TPSA) is 26.3 Å². The highest BCUT2D eigenvalue weighted by Crippen LogP contribution is 2.87. The Hall–Kier alpha value is 0.190. The van der Waals surface area contributed by atoms with E-state index in [4.69, 9.17) is 4.52 Å². The van der Waals surface area contributed by atoms with E-state index in [-0.39, 0.29) is 5.16 Å². The van der Waals surface area contributed by atoms with E-state index in [1.807, 2.05) is 0 Å². The average Bonchev–Trinajstić information content (AvgIpc) is 3.07. The maximum atomic E-state index is 13.8. The van der Waals surface area contributed by atoms with E-state index in [9.17, 15) is 4.57 Å². The second kappa shape index (κ2) is 9.04. The molecule has 3 heteroatoms. The van der Waals surface area contributed by atoms with Crippen molar-refractivity contribution in [2.45, 2.75) is 128 Å². The van der Waals surface area contributed by atoms with Crippen LogP contribution in [0.3, 0.4) is 0 Å². The van der Waals surface area contributed by atoms with Crippen molar-refractivity contribution in [2.75, 3.05) is 0 Å². The summed E-state index contributed by atoms with van der Waals surface area (Å²) in [6.07, 6.45) is 17.3. The summed E-state index contributed by atoms with van der Waals surface area (Å²) in [6.45, 7) is 6.75. The molecule has 136 valence electrons. The minimum absolute atomic E-state index is 0.0483. The molecule has 1 saturated heterocycles. The molecule has 0 amide bonds. The van der Waals surface area contributed by atoms with E-state index in [1.165, 1.54) is 57.8 Å². The molecule has 1 heterocycles. The number of hydrogen-bond acceptors (Lipinski definition) is 2. The second-order valence-electron chi connectivity index (χ2n) is 7.89. The molecule has 0 aromatic carbocycles. The summed E-state index contributed by atoms with van der Waals surface area (Å²) < 4.78 is 20.2. The first-order valence-electron chi connectivity index (χ1n) is 10.4. The fourth-order valence-corrected chi connectivity index (χ4v) is 9.01. The van der Waals surface area contributed by atoms with Crippen LogP contribution in [0.15, 0.2) is 0 Å². The lowest BCUT2D eigenvalue weighted by atomic mass is 9.93. The van der Waals surface area contributed by atoms with Gasteiger partial charge in [0, 0.05) is 0 Å². The second-order valence-corrected chi connectivity index (χ2v) is 10.8. The van der Waals surface area contributed by atoms with E-state index in [0.29, 0.717) is 11.8 Å². The molecule has 0 aromatic rings. The highest BCUT2D eigenvalue weighted by atomic mass is 31.2. The molecular formula is C20H39O2P. The first-order valence-corrected chi connectivity index (χ1v) is 12.1. The minimum Gasteiger partial charge on any atom is -0.324 e. The largest absolute Gasteiger partial charge is 0.324 e. The van der Waals surface area contributed by atoms with Gasteiger partial charge in [-0.15, -0.1) is 0 Å². The first-order chi connectivity index (χ1) is 11.1. The van der Waals surface area contributed by atoms with Crippen molar-refractivity contribution in [3.05, 3.63) is 0 Å². The fourth-order valence-electron chi connectivity index (χ4n) is 4.76. The van der Waals surface area contributed by atoms with Gasteiger partial charge in [0.15, 0.2) is 0 Å². The van der Waals surface area contributed by atoms with Gasteiger partial charge in [-0.3, -0.25) is 4.57 Å². The number of unbranched alkanes of at least 4 members (excludes halogenated alkanes) is 4. The van der Waals surface area contributed by atoms with Crippen molar-refractivity contribution in [2.24, 2.45) is 0 Å².